The molecule has 0 spiro atoms. The Hall–Kier alpha value is -1.34. The minimum atomic E-state index is 0.315. The summed E-state index contributed by atoms with van der Waals surface area (Å²) in [5.74, 6) is 0. The fourth-order valence-corrected chi connectivity index (χ4v) is 2.89. The van der Waals surface area contributed by atoms with Crippen molar-refractivity contribution in [1.29, 1.82) is 0 Å². The van der Waals surface area contributed by atoms with E-state index in [0.717, 1.165) is 0 Å². The Morgan fingerprint density at radius 2 is 1.90 bits per heavy atom. The molecule has 0 aromatic heterocycles. The zero-order chi connectivity index (χ0) is 15.9. The quantitative estimate of drug-likeness (QED) is 0.665. The summed E-state index contributed by atoms with van der Waals surface area (Å²) in [4.78, 5) is 0. The minimum Gasteiger partial charge on any atom is -0.327 e. The molecule has 1 heteroatoms. The highest BCUT2D eigenvalue weighted by Crippen LogP contribution is 2.40. The molecule has 0 saturated carbocycles. The van der Waals surface area contributed by atoms with Gasteiger partial charge in [-0.25, -0.2) is 0 Å². The first-order valence-electron chi connectivity index (χ1n) is 7.97. The molecule has 1 nitrogen and oxygen atoms in total. The van der Waals surface area contributed by atoms with Crippen LogP contribution in [-0.2, 0) is 0 Å². The van der Waals surface area contributed by atoms with Gasteiger partial charge in [0.1, 0.15) is 0 Å². The van der Waals surface area contributed by atoms with E-state index in [1.54, 1.807) is 5.57 Å². The first kappa shape index (κ1) is 17.7. The second-order valence-electron chi connectivity index (χ2n) is 6.72. The number of hydrogen-bond acceptors (Lipinski definition) is 1. The molecule has 1 rings (SSSR count). The van der Waals surface area contributed by atoms with Crippen molar-refractivity contribution >= 4 is 0 Å². The molecule has 0 amide bonds. The van der Waals surface area contributed by atoms with Crippen LogP contribution in [-0.4, -0.2) is 6.54 Å². The third-order valence-corrected chi connectivity index (χ3v) is 4.21. The van der Waals surface area contributed by atoms with Crippen molar-refractivity contribution in [2.45, 2.75) is 53.9 Å². The predicted molar refractivity (Wildman–Crippen MR) is 95.2 cm³/mol. The van der Waals surface area contributed by atoms with Crippen molar-refractivity contribution in [2.75, 3.05) is 6.54 Å². The lowest BCUT2D eigenvalue weighted by molar-refractivity contribution is 0.377. The largest absolute Gasteiger partial charge is 0.327 e. The average Bonchev–Trinajstić information content (AvgIpc) is 2.37. The van der Waals surface area contributed by atoms with Crippen LogP contribution in [0.15, 0.2) is 58.7 Å². The molecule has 116 valence electrons. The van der Waals surface area contributed by atoms with E-state index in [-0.39, 0.29) is 0 Å². The van der Waals surface area contributed by atoms with Crippen molar-refractivity contribution in [3.63, 3.8) is 0 Å². The first-order valence-corrected chi connectivity index (χ1v) is 7.97. The SMILES string of the molecule is CC(C=CC1=C(C)CCCC1(C)C)=CC=C/C(C)=C\CN. The van der Waals surface area contributed by atoms with Crippen LogP contribution < -0.4 is 5.73 Å². The minimum absolute atomic E-state index is 0.315. The van der Waals surface area contributed by atoms with E-state index < -0.39 is 0 Å². The maximum atomic E-state index is 5.49. The van der Waals surface area contributed by atoms with E-state index >= 15 is 0 Å². The number of rotatable bonds is 5. The molecule has 1 aliphatic rings. The average molecular weight is 285 g/mol. The van der Waals surface area contributed by atoms with Gasteiger partial charge in [-0.05, 0) is 51.0 Å². The van der Waals surface area contributed by atoms with Gasteiger partial charge >= 0.3 is 0 Å². The van der Waals surface area contributed by atoms with Gasteiger partial charge < -0.3 is 5.73 Å². The molecular formula is C20H31N. The van der Waals surface area contributed by atoms with E-state index in [2.05, 4.69) is 65.0 Å². The van der Waals surface area contributed by atoms with Crippen LogP contribution in [0, 0.1) is 5.41 Å². The molecule has 0 heterocycles. The molecule has 0 radical (unpaired) electrons. The van der Waals surface area contributed by atoms with Crippen molar-refractivity contribution in [3.05, 3.63) is 58.7 Å². The number of hydrogen-bond donors (Lipinski definition) is 1. The smallest absolute Gasteiger partial charge is 0.0112 e. The van der Waals surface area contributed by atoms with E-state index in [4.69, 9.17) is 5.73 Å². The predicted octanol–water partition coefficient (Wildman–Crippen LogP) is 5.48. The topological polar surface area (TPSA) is 26.0 Å². The highest BCUT2D eigenvalue weighted by atomic mass is 14.5. The van der Waals surface area contributed by atoms with Gasteiger partial charge in [0, 0.05) is 6.54 Å². The monoisotopic (exact) mass is 285 g/mol. The van der Waals surface area contributed by atoms with Gasteiger partial charge in [0.15, 0.2) is 0 Å². The fraction of sp³-hybridized carbons (Fsp3) is 0.500. The Morgan fingerprint density at radius 1 is 1.19 bits per heavy atom. The summed E-state index contributed by atoms with van der Waals surface area (Å²) in [6, 6.07) is 0. The molecule has 0 saturated heterocycles. The lowest BCUT2D eigenvalue weighted by Gasteiger charge is -2.32. The summed E-state index contributed by atoms with van der Waals surface area (Å²) >= 11 is 0. The van der Waals surface area contributed by atoms with Gasteiger partial charge in [0.05, 0.1) is 0 Å². The highest BCUT2D eigenvalue weighted by molar-refractivity contribution is 5.37. The highest BCUT2D eigenvalue weighted by Gasteiger charge is 2.26. The van der Waals surface area contributed by atoms with Crippen LogP contribution in [0.5, 0.6) is 0 Å². The van der Waals surface area contributed by atoms with Crippen LogP contribution in [0.25, 0.3) is 0 Å². The van der Waals surface area contributed by atoms with Crippen LogP contribution >= 0.6 is 0 Å². The molecule has 0 unspecified atom stereocenters. The molecule has 2 N–H and O–H groups in total. The Morgan fingerprint density at radius 3 is 2.52 bits per heavy atom. The van der Waals surface area contributed by atoms with Gasteiger partial charge in [0.2, 0.25) is 0 Å². The Balaban J connectivity index is 2.78. The maximum absolute atomic E-state index is 5.49. The van der Waals surface area contributed by atoms with Crippen LogP contribution in [0.3, 0.4) is 0 Å². The summed E-state index contributed by atoms with van der Waals surface area (Å²) in [6.07, 6.45) is 16.8. The van der Waals surface area contributed by atoms with Gasteiger partial charge in [0.25, 0.3) is 0 Å². The zero-order valence-electron chi connectivity index (χ0n) is 14.4. The van der Waals surface area contributed by atoms with Crippen LogP contribution in [0.1, 0.15) is 53.9 Å². The summed E-state index contributed by atoms with van der Waals surface area (Å²) in [7, 11) is 0. The van der Waals surface area contributed by atoms with Crippen molar-refractivity contribution in [1.82, 2.24) is 0 Å². The normalized spacial score (nSPS) is 20.9. The van der Waals surface area contributed by atoms with E-state index in [9.17, 15) is 0 Å². The Labute approximate surface area is 131 Å². The molecule has 0 fully saturated rings. The van der Waals surface area contributed by atoms with Gasteiger partial charge in [-0.1, -0.05) is 67.0 Å². The van der Waals surface area contributed by atoms with Gasteiger partial charge in [-0.3, -0.25) is 0 Å². The summed E-state index contributed by atoms with van der Waals surface area (Å²) in [6.45, 7) is 11.8. The summed E-state index contributed by atoms with van der Waals surface area (Å²) in [5, 5.41) is 0. The van der Waals surface area contributed by atoms with E-state index in [0.29, 0.717) is 12.0 Å². The first-order chi connectivity index (χ1) is 9.86. The fourth-order valence-electron chi connectivity index (χ4n) is 2.89. The Kier molecular flexibility index (Phi) is 6.91. The van der Waals surface area contributed by atoms with Crippen molar-refractivity contribution in [2.24, 2.45) is 11.1 Å². The molecular weight excluding hydrogens is 254 g/mol. The number of allylic oxidation sites excluding steroid dienone is 9. The summed E-state index contributed by atoms with van der Waals surface area (Å²) in [5.41, 5.74) is 11.3. The molecule has 1 aliphatic carbocycles. The molecule has 0 aliphatic heterocycles. The van der Waals surface area contributed by atoms with Crippen LogP contribution in [0.2, 0.25) is 0 Å². The van der Waals surface area contributed by atoms with E-state index in [1.807, 2.05) is 6.08 Å². The molecule has 0 bridgehead atoms. The molecule has 0 atom stereocenters. The van der Waals surface area contributed by atoms with Crippen LogP contribution in [0.4, 0.5) is 0 Å². The van der Waals surface area contributed by atoms with Crippen molar-refractivity contribution in [3.8, 4) is 0 Å². The maximum Gasteiger partial charge on any atom is 0.0112 e. The molecule has 0 aromatic rings. The lowest BCUT2D eigenvalue weighted by Crippen LogP contribution is -2.19. The second kappa shape index (κ2) is 8.19. The number of nitrogens with two attached hydrogens (primary N) is 1. The molecule has 21 heavy (non-hydrogen) atoms. The second-order valence-corrected chi connectivity index (χ2v) is 6.72. The van der Waals surface area contributed by atoms with Gasteiger partial charge in [-0.15, -0.1) is 0 Å². The van der Waals surface area contributed by atoms with E-state index in [1.165, 1.54) is 36.0 Å². The lowest BCUT2D eigenvalue weighted by atomic mass is 9.72. The standard InChI is InChI=1S/C20H31N/c1-16(8-6-9-17(2)13-15-21)11-12-19-18(3)10-7-14-20(19,4)5/h6,8-9,11-13H,7,10,14-15,21H2,1-5H3/b9-6?,12-11?,16-8?,17-13-. The Bertz CT molecular complexity index is 496. The molecule has 0 aromatic carbocycles. The van der Waals surface area contributed by atoms with Gasteiger partial charge in [-0.2, -0.15) is 0 Å². The van der Waals surface area contributed by atoms with Crippen molar-refractivity contribution < 1.29 is 0 Å². The third kappa shape index (κ3) is 5.89. The zero-order valence-corrected chi connectivity index (χ0v) is 14.4. The summed E-state index contributed by atoms with van der Waals surface area (Å²) < 4.78 is 0. The third-order valence-electron chi connectivity index (χ3n) is 4.21.